The monoisotopic (exact) mass is 277 g/mol. The molecule has 1 heterocycles. The Kier molecular flexibility index (Phi) is 3.23. The molecule has 11 heavy (non-hydrogen) atoms. The van der Waals surface area contributed by atoms with Gasteiger partial charge in [0.1, 0.15) is 0 Å². The number of nitriles is 2. The van der Waals surface area contributed by atoms with E-state index < -0.39 is 0 Å². The molecule has 0 aromatic carbocycles. The Hall–Kier alpha value is -0.701. The molecule has 5 heteroatoms. The van der Waals surface area contributed by atoms with Crippen molar-refractivity contribution in [2.45, 2.75) is 0 Å². The number of hydrogen-bond acceptors (Lipinski definition) is 2. The van der Waals surface area contributed by atoms with Crippen molar-refractivity contribution in [3.05, 3.63) is 12.1 Å². The van der Waals surface area contributed by atoms with Crippen LogP contribution < -0.4 is 9.18 Å². The summed E-state index contributed by atoms with van der Waals surface area (Å²) in [5, 5.41) is 16.7. The van der Waals surface area contributed by atoms with Crippen LogP contribution in [0.2, 0.25) is 0 Å². The average molecular weight is 275 g/mol. The van der Waals surface area contributed by atoms with Crippen molar-refractivity contribution in [1.29, 1.82) is 10.5 Å². The fraction of sp³-hybridized carbons (Fsp3) is 0. The number of rotatable bonds is 2. The quantitative estimate of drug-likeness (QED) is 0.677. The second-order valence-electron chi connectivity index (χ2n) is 1.57. The summed E-state index contributed by atoms with van der Waals surface area (Å²) in [4.78, 5) is 7.21. The summed E-state index contributed by atoms with van der Waals surface area (Å²) in [6, 6.07) is 3.75. The molecule has 0 aliphatic carbocycles. The van der Waals surface area contributed by atoms with Crippen molar-refractivity contribution >= 4 is 39.1 Å². The van der Waals surface area contributed by atoms with E-state index in [4.69, 9.17) is 10.5 Å². The molecule has 0 amide bonds. The van der Waals surface area contributed by atoms with Crippen molar-refractivity contribution in [1.82, 2.24) is 4.98 Å². The standard InChI is InChI=1S/C6H3N3Se2/c7-3-10-5-1-2-6(9-5)11-4-8/h1-2,9H. The van der Waals surface area contributed by atoms with Crippen LogP contribution in [-0.4, -0.2) is 34.9 Å². The van der Waals surface area contributed by atoms with Crippen LogP contribution in [0.1, 0.15) is 0 Å². The first-order valence-corrected chi connectivity index (χ1v) is 6.10. The predicted octanol–water partition coefficient (Wildman–Crippen LogP) is -1.36. The summed E-state index contributed by atoms with van der Waals surface area (Å²) >= 11 is -0.242. The number of nitrogens with zero attached hydrogens (tertiary/aromatic N) is 2. The molecule has 54 valence electrons. The van der Waals surface area contributed by atoms with Crippen molar-refractivity contribution in [3.63, 3.8) is 0 Å². The predicted molar refractivity (Wildman–Crippen MR) is 42.8 cm³/mol. The van der Waals surface area contributed by atoms with Crippen molar-refractivity contribution in [3.8, 4) is 9.94 Å². The van der Waals surface area contributed by atoms with E-state index in [9.17, 15) is 0 Å². The Morgan fingerprint density at radius 1 is 1.09 bits per heavy atom. The summed E-state index contributed by atoms with van der Waals surface area (Å²) in [5.41, 5.74) is 0. The summed E-state index contributed by atoms with van der Waals surface area (Å²) in [6.07, 6.45) is 0. The van der Waals surface area contributed by atoms with Gasteiger partial charge in [0, 0.05) is 0 Å². The molecule has 0 radical (unpaired) electrons. The molecule has 0 bridgehead atoms. The van der Waals surface area contributed by atoms with E-state index in [2.05, 4.69) is 14.9 Å². The number of H-pyrrole nitrogens is 1. The van der Waals surface area contributed by atoms with E-state index in [0.29, 0.717) is 0 Å². The van der Waals surface area contributed by atoms with Crippen LogP contribution in [-0.2, 0) is 0 Å². The average Bonchev–Trinajstić information content (AvgIpc) is 2.38. The van der Waals surface area contributed by atoms with Gasteiger partial charge in [0.15, 0.2) is 0 Å². The Morgan fingerprint density at radius 3 is 1.91 bits per heavy atom. The first-order valence-electron chi connectivity index (χ1n) is 2.67. The zero-order valence-corrected chi connectivity index (χ0v) is 8.79. The van der Waals surface area contributed by atoms with Crippen LogP contribution >= 0.6 is 0 Å². The van der Waals surface area contributed by atoms with Crippen LogP contribution in [0.3, 0.4) is 0 Å². The van der Waals surface area contributed by atoms with E-state index in [-0.39, 0.29) is 29.9 Å². The molecule has 1 rings (SSSR count). The maximum absolute atomic E-state index is 8.36. The minimum absolute atomic E-state index is 0.121. The number of aromatic amines is 1. The Labute approximate surface area is 76.7 Å². The molecule has 0 unspecified atom stereocenters. The molecule has 1 aromatic rings. The van der Waals surface area contributed by atoms with Crippen LogP contribution in [0.15, 0.2) is 12.1 Å². The molecule has 0 aliphatic rings. The number of aromatic nitrogens is 1. The van der Waals surface area contributed by atoms with Crippen molar-refractivity contribution in [2.75, 3.05) is 0 Å². The molecule has 0 atom stereocenters. The van der Waals surface area contributed by atoms with E-state index in [1.54, 1.807) is 0 Å². The van der Waals surface area contributed by atoms with Gasteiger partial charge in [-0.3, -0.25) is 0 Å². The van der Waals surface area contributed by atoms with E-state index in [1.807, 2.05) is 12.1 Å². The topological polar surface area (TPSA) is 63.4 Å². The maximum atomic E-state index is 8.36. The first kappa shape index (κ1) is 8.40. The van der Waals surface area contributed by atoms with E-state index >= 15 is 0 Å². The van der Waals surface area contributed by atoms with Gasteiger partial charge in [-0.05, 0) is 0 Å². The van der Waals surface area contributed by atoms with Gasteiger partial charge >= 0.3 is 76.7 Å². The van der Waals surface area contributed by atoms with Crippen molar-refractivity contribution < 1.29 is 0 Å². The first-order chi connectivity index (χ1) is 5.36. The van der Waals surface area contributed by atoms with E-state index in [0.717, 1.165) is 9.18 Å². The van der Waals surface area contributed by atoms with Gasteiger partial charge < -0.3 is 0 Å². The summed E-state index contributed by atoms with van der Waals surface area (Å²) in [7, 11) is 0. The molecule has 0 fully saturated rings. The van der Waals surface area contributed by atoms with Gasteiger partial charge in [-0.25, -0.2) is 0 Å². The zero-order valence-electron chi connectivity index (χ0n) is 5.37. The third-order valence-corrected chi connectivity index (χ3v) is 3.25. The van der Waals surface area contributed by atoms with Gasteiger partial charge in [-0.2, -0.15) is 0 Å². The summed E-state index contributed by atoms with van der Waals surface area (Å²) in [6.45, 7) is 0. The fourth-order valence-corrected chi connectivity index (χ4v) is 2.56. The Morgan fingerprint density at radius 2 is 1.55 bits per heavy atom. The van der Waals surface area contributed by atoms with Gasteiger partial charge in [0.25, 0.3) is 0 Å². The molecule has 3 nitrogen and oxygen atoms in total. The fourth-order valence-electron chi connectivity index (χ4n) is 0.574. The third-order valence-electron chi connectivity index (χ3n) is 0.944. The molecular formula is C6H3N3Se2. The van der Waals surface area contributed by atoms with Crippen molar-refractivity contribution in [2.24, 2.45) is 0 Å². The minimum atomic E-state index is -0.121. The summed E-state index contributed by atoms with van der Waals surface area (Å²) in [5.74, 6) is 0. The molecule has 0 aliphatic heterocycles. The van der Waals surface area contributed by atoms with Gasteiger partial charge in [-0.1, -0.05) is 0 Å². The van der Waals surface area contributed by atoms with Crippen LogP contribution in [0.25, 0.3) is 0 Å². The normalized spacial score (nSPS) is 8.55. The number of nitrogens with one attached hydrogen (secondary N) is 1. The van der Waals surface area contributed by atoms with Gasteiger partial charge in [0.05, 0.1) is 0 Å². The van der Waals surface area contributed by atoms with Gasteiger partial charge in [-0.15, -0.1) is 0 Å². The SMILES string of the molecule is N#C[Se]c1ccc([Se]C#N)[nH]1. The van der Waals surface area contributed by atoms with Crippen LogP contribution in [0, 0.1) is 20.5 Å². The van der Waals surface area contributed by atoms with Crippen LogP contribution in [0.4, 0.5) is 0 Å². The number of hydrogen-bond donors (Lipinski definition) is 1. The molecule has 0 saturated heterocycles. The molecular weight excluding hydrogens is 272 g/mol. The second-order valence-corrected chi connectivity index (χ2v) is 5.04. The third kappa shape index (κ3) is 2.42. The Bertz CT molecular complexity index is 287. The molecule has 0 saturated carbocycles. The molecule has 1 N–H and O–H groups in total. The second kappa shape index (κ2) is 4.23. The summed E-state index contributed by atoms with van der Waals surface area (Å²) < 4.78 is 1.90. The van der Waals surface area contributed by atoms with E-state index in [1.165, 1.54) is 0 Å². The van der Waals surface area contributed by atoms with Gasteiger partial charge in [0.2, 0.25) is 0 Å². The zero-order chi connectivity index (χ0) is 8.10. The molecule has 0 spiro atoms. The van der Waals surface area contributed by atoms with Crippen LogP contribution in [0.5, 0.6) is 0 Å². The Balaban J connectivity index is 2.69. The molecule has 1 aromatic heterocycles.